The first-order valence-electron chi connectivity index (χ1n) is 7.96. The third kappa shape index (κ3) is 3.83. The number of thioether (sulfide) groups is 1. The Bertz CT molecular complexity index is 873. The fourth-order valence-corrected chi connectivity index (χ4v) is 4.89. The quantitative estimate of drug-likeness (QED) is 0.277. The number of aliphatic carboxylic acids is 1. The van der Waals surface area contributed by atoms with E-state index in [0.29, 0.717) is 22.2 Å². The molecule has 1 aromatic carbocycles. The van der Waals surface area contributed by atoms with Gasteiger partial charge in [-0.15, -0.1) is 11.8 Å². The van der Waals surface area contributed by atoms with Crippen molar-refractivity contribution >= 4 is 51.3 Å². The number of alkyl carbamates (subject to hydrolysis) is 1. The molecule has 1 fully saturated rings. The molecule has 2 heterocycles. The van der Waals surface area contributed by atoms with E-state index < -0.39 is 34.3 Å². The Morgan fingerprint density at radius 3 is 2.64 bits per heavy atom. The number of amides is 2. The molecule has 0 aliphatic carbocycles. The van der Waals surface area contributed by atoms with Crippen LogP contribution in [0, 0.1) is 10.1 Å². The van der Waals surface area contributed by atoms with Gasteiger partial charge in [0, 0.05) is 23.2 Å². The average Bonchev–Trinajstić information content (AvgIpc) is 2.69. The Morgan fingerprint density at radius 1 is 1.39 bits per heavy atom. The molecule has 12 heteroatoms. The molecule has 1 saturated heterocycles. The van der Waals surface area contributed by atoms with Crippen LogP contribution >= 0.6 is 27.7 Å². The average molecular weight is 472 g/mol. The van der Waals surface area contributed by atoms with E-state index in [-0.39, 0.29) is 18.0 Å². The molecule has 0 aromatic heterocycles. The predicted molar refractivity (Wildman–Crippen MR) is 102 cm³/mol. The van der Waals surface area contributed by atoms with E-state index >= 15 is 0 Å². The number of nitro groups is 1. The highest BCUT2D eigenvalue weighted by molar-refractivity contribution is 9.09. The molecule has 3 rings (SSSR count). The van der Waals surface area contributed by atoms with Crippen LogP contribution in [-0.2, 0) is 20.9 Å². The molecule has 28 heavy (non-hydrogen) atoms. The van der Waals surface area contributed by atoms with Gasteiger partial charge in [-0.05, 0) is 23.3 Å². The van der Waals surface area contributed by atoms with Gasteiger partial charge in [-0.2, -0.15) is 0 Å². The van der Waals surface area contributed by atoms with Crippen molar-refractivity contribution < 1.29 is 29.2 Å². The SMILES string of the molecule is O=C(NC1C(=O)N2C(C(=O)O)=C(CBr)CS[C@H]12)OCc1ccc([N+](=O)[O-])cc1. The van der Waals surface area contributed by atoms with E-state index in [2.05, 4.69) is 21.2 Å². The number of halogens is 1. The fourth-order valence-electron chi connectivity index (χ4n) is 2.82. The van der Waals surface area contributed by atoms with Gasteiger partial charge in [-0.1, -0.05) is 15.9 Å². The van der Waals surface area contributed by atoms with Crippen molar-refractivity contribution in [2.24, 2.45) is 0 Å². The van der Waals surface area contributed by atoms with Crippen molar-refractivity contribution in [1.82, 2.24) is 10.2 Å². The van der Waals surface area contributed by atoms with Crippen LogP contribution in [0.25, 0.3) is 0 Å². The Balaban J connectivity index is 1.57. The minimum Gasteiger partial charge on any atom is -0.477 e. The minimum atomic E-state index is -1.19. The number of β-lactam (4-membered cyclic amide) rings is 1. The van der Waals surface area contributed by atoms with Gasteiger partial charge in [0.15, 0.2) is 0 Å². The molecule has 2 atom stereocenters. The molecule has 0 saturated carbocycles. The molecule has 1 aromatic rings. The topological polar surface area (TPSA) is 139 Å². The van der Waals surface area contributed by atoms with E-state index in [1.165, 1.54) is 40.9 Å². The zero-order chi connectivity index (χ0) is 20.4. The van der Waals surface area contributed by atoms with E-state index in [1.54, 1.807) is 0 Å². The number of carbonyl (C=O) groups excluding carboxylic acids is 2. The highest BCUT2D eigenvalue weighted by atomic mass is 79.9. The summed E-state index contributed by atoms with van der Waals surface area (Å²) in [5.41, 5.74) is 1.02. The lowest BCUT2D eigenvalue weighted by molar-refractivity contribution is -0.384. The highest BCUT2D eigenvalue weighted by Crippen LogP contribution is 2.40. The standard InChI is InChI=1S/C16H14BrN3O7S/c17-5-9-7-28-14-11(13(21)19(14)12(9)15(22)23)18-16(24)27-6-8-1-3-10(4-2-8)20(25)26/h1-4,11,14H,5-7H2,(H,18,24)(H,22,23)/t11?,14-/m1/s1. The number of hydrogen-bond acceptors (Lipinski definition) is 7. The Hall–Kier alpha value is -2.60. The number of carboxylic acid groups (broad SMARTS) is 1. The first-order chi connectivity index (χ1) is 13.3. The van der Waals surface area contributed by atoms with Crippen LogP contribution in [0.2, 0.25) is 0 Å². The van der Waals surface area contributed by atoms with Gasteiger partial charge in [-0.3, -0.25) is 19.8 Å². The van der Waals surface area contributed by atoms with Crippen LogP contribution in [-0.4, -0.2) is 55.4 Å². The van der Waals surface area contributed by atoms with Crippen molar-refractivity contribution in [3.8, 4) is 0 Å². The van der Waals surface area contributed by atoms with Crippen LogP contribution in [0.5, 0.6) is 0 Å². The number of benzene rings is 1. The molecule has 1 unspecified atom stereocenters. The van der Waals surface area contributed by atoms with Gasteiger partial charge in [-0.25, -0.2) is 9.59 Å². The van der Waals surface area contributed by atoms with E-state index in [0.717, 1.165) is 0 Å². The number of hydrogen-bond donors (Lipinski definition) is 2. The summed E-state index contributed by atoms with van der Waals surface area (Å²) in [5.74, 6) is -1.27. The summed E-state index contributed by atoms with van der Waals surface area (Å²) in [6.07, 6.45) is -0.830. The summed E-state index contributed by atoms with van der Waals surface area (Å²) in [6, 6.07) is 4.64. The lowest BCUT2D eigenvalue weighted by Crippen LogP contribution is -2.70. The molecule has 0 bridgehead atoms. The maximum Gasteiger partial charge on any atom is 0.408 e. The molecule has 10 nitrogen and oxygen atoms in total. The number of carboxylic acids is 1. The van der Waals surface area contributed by atoms with Crippen LogP contribution in [0.4, 0.5) is 10.5 Å². The number of ether oxygens (including phenoxy) is 1. The summed E-state index contributed by atoms with van der Waals surface area (Å²) >= 11 is 4.58. The van der Waals surface area contributed by atoms with Crippen LogP contribution in [0.15, 0.2) is 35.5 Å². The molecule has 148 valence electrons. The van der Waals surface area contributed by atoms with Gasteiger partial charge >= 0.3 is 12.1 Å². The second kappa shape index (κ2) is 8.19. The first kappa shape index (κ1) is 20.1. The third-order valence-corrected chi connectivity index (χ3v) is 6.22. The lowest BCUT2D eigenvalue weighted by Gasteiger charge is -2.49. The lowest BCUT2D eigenvalue weighted by atomic mass is 10.0. The molecular weight excluding hydrogens is 458 g/mol. The minimum absolute atomic E-state index is 0.0528. The van der Waals surface area contributed by atoms with E-state index in [1.807, 2.05) is 0 Å². The Morgan fingerprint density at radius 2 is 2.07 bits per heavy atom. The van der Waals surface area contributed by atoms with Gasteiger partial charge in [0.05, 0.1) is 4.92 Å². The first-order valence-corrected chi connectivity index (χ1v) is 10.1. The van der Waals surface area contributed by atoms with Crippen molar-refractivity contribution in [1.29, 1.82) is 0 Å². The predicted octanol–water partition coefficient (Wildman–Crippen LogP) is 1.84. The Labute approximate surface area is 171 Å². The number of fused-ring (bicyclic) bond motifs is 1. The number of nitrogens with one attached hydrogen (secondary N) is 1. The van der Waals surface area contributed by atoms with Gasteiger partial charge in [0.2, 0.25) is 0 Å². The number of carbonyl (C=O) groups is 3. The molecule has 2 aliphatic rings. The van der Waals surface area contributed by atoms with Gasteiger partial charge < -0.3 is 15.2 Å². The fraction of sp³-hybridized carbons (Fsp3) is 0.312. The second-order valence-corrected chi connectivity index (χ2v) is 7.59. The zero-order valence-electron chi connectivity index (χ0n) is 14.2. The molecule has 2 amide bonds. The summed E-state index contributed by atoms with van der Waals surface area (Å²) in [5, 5.41) is 22.3. The monoisotopic (exact) mass is 471 g/mol. The van der Waals surface area contributed by atoms with Gasteiger partial charge in [0.1, 0.15) is 23.7 Å². The van der Waals surface area contributed by atoms with E-state index in [4.69, 9.17) is 4.74 Å². The maximum atomic E-state index is 12.3. The van der Waals surface area contributed by atoms with Crippen molar-refractivity contribution in [3.05, 3.63) is 51.2 Å². The molecular formula is C16H14BrN3O7S. The van der Waals surface area contributed by atoms with Crippen molar-refractivity contribution in [3.63, 3.8) is 0 Å². The number of nitrogens with zero attached hydrogens (tertiary/aromatic N) is 2. The normalized spacial score (nSPS) is 20.9. The second-order valence-electron chi connectivity index (χ2n) is 5.92. The summed E-state index contributed by atoms with van der Waals surface area (Å²) in [4.78, 5) is 47.1. The van der Waals surface area contributed by atoms with Gasteiger partial charge in [0.25, 0.3) is 11.6 Å². The summed E-state index contributed by atoms with van der Waals surface area (Å²) < 4.78 is 5.04. The van der Waals surface area contributed by atoms with Crippen LogP contribution < -0.4 is 5.32 Å². The molecule has 2 N–H and O–H groups in total. The summed E-state index contributed by atoms with van der Waals surface area (Å²) in [7, 11) is 0. The third-order valence-electron chi connectivity index (χ3n) is 4.20. The molecule has 2 aliphatic heterocycles. The van der Waals surface area contributed by atoms with Crippen LogP contribution in [0.3, 0.4) is 0 Å². The van der Waals surface area contributed by atoms with Crippen molar-refractivity contribution in [2.45, 2.75) is 18.0 Å². The number of rotatable bonds is 6. The molecule has 0 radical (unpaired) electrons. The number of alkyl halides is 1. The number of non-ortho nitro benzene ring substituents is 1. The summed E-state index contributed by atoms with van der Waals surface area (Å²) in [6.45, 7) is -0.125. The van der Waals surface area contributed by atoms with Crippen molar-refractivity contribution in [2.75, 3.05) is 11.1 Å². The largest absolute Gasteiger partial charge is 0.477 e. The molecule has 0 spiro atoms. The number of nitro benzene ring substituents is 1. The van der Waals surface area contributed by atoms with E-state index in [9.17, 15) is 29.6 Å². The van der Waals surface area contributed by atoms with Crippen LogP contribution in [0.1, 0.15) is 5.56 Å². The Kier molecular flexibility index (Phi) is 5.89. The zero-order valence-corrected chi connectivity index (χ0v) is 16.6. The highest BCUT2D eigenvalue weighted by Gasteiger charge is 2.54. The maximum absolute atomic E-state index is 12.3. The smallest absolute Gasteiger partial charge is 0.408 e.